The summed E-state index contributed by atoms with van der Waals surface area (Å²) < 4.78 is 5.60. The summed E-state index contributed by atoms with van der Waals surface area (Å²) in [5.74, 6) is 0.647. The molecule has 21 heavy (non-hydrogen) atoms. The number of hydrogen-bond acceptors (Lipinski definition) is 3. The first-order valence-electron chi connectivity index (χ1n) is 7.04. The van der Waals surface area contributed by atoms with Crippen molar-refractivity contribution in [2.75, 3.05) is 6.61 Å². The number of aromatic nitrogens is 2. The molecule has 2 aromatic rings. The van der Waals surface area contributed by atoms with Gasteiger partial charge < -0.3 is 4.74 Å². The molecule has 1 unspecified atom stereocenters. The van der Waals surface area contributed by atoms with Crippen molar-refractivity contribution in [1.29, 1.82) is 0 Å². The topological polar surface area (TPSA) is 35.0 Å². The summed E-state index contributed by atoms with van der Waals surface area (Å²) in [4.78, 5) is 8.81. The zero-order valence-corrected chi connectivity index (χ0v) is 13.3. The lowest BCUT2D eigenvalue weighted by Gasteiger charge is -2.12. The summed E-state index contributed by atoms with van der Waals surface area (Å²) in [6.07, 6.45) is 2.97. The van der Waals surface area contributed by atoms with Gasteiger partial charge in [0.25, 0.3) is 0 Å². The molecule has 1 aromatic heterocycles. The summed E-state index contributed by atoms with van der Waals surface area (Å²) >= 11 is 12.7. The predicted octanol–water partition coefficient (Wildman–Crippen LogP) is 4.48. The van der Waals surface area contributed by atoms with Crippen LogP contribution in [0.4, 0.5) is 0 Å². The fraction of sp³-hybridized carbons (Fsp3) is 0.375. The first kappa shape index (κ1) is 14.8. The predicted molar refractivity (Wildman–Crippen MR) is 84.9 cm³/mol. The monoisotopic (exact) mass is 322 g/mol. The summed E-state index contributed by atoms with van der Waals surface area (Å²) in [6.45, 7) is 2.83. The lowest BCUT2D eigenvalue weighted by molar-refractivity contribution is 0.110. The third-order valence-corrected chi connectivity index (χ3v) is 4.26. The zero-order chi connectivity index (χ0) is 14.8. The Hall–Kier alpha value is -1.16. The molecule has 110 valence electrons. The summed E-state index contributed by atoms with van der Waals surface area (Å²) in [7, 11) is 0. The van der Waals surface area contributed by atoms with Gasteiger partial charge in [0.1, 0.15) is 16.1 Å². The van der Waals surface area contributed by atoms with Crippen LogP contribution in [0.15, 0.2) is 24.3 Å². The Morgan fingerprint density at radius 1 is 1.19 bits per heavy atom. The van der Waals surface area contributed by atoms with E-state index in [2.05, 4.69) is 9.97 Å². The molecule has 1 atom stereocenters. The lowest BCUT2D eigenvalue weighted by Crippen LogP contribution is -2.12. The fourth-order valence-corrected chi connectivity index (χ4v) is 3.25. The minimum atomic E-state index is 0.182. The second-order valence-electron chi connectivity index (χ2n) is 5.25. The molecule has 1 aliphatic rings. The van der Waals surface area contributed by atoms with E-state index >= 15 is 0 Å². The molecular formula is C16H16Cl2N2O. The Morgan fingerprint density at radius 2 is 1.90 bits per heavy atom. The first-order valence-corrected chi connectivity index (χ1v) is 7.80. The maximum atomic E-state index is 6.35. The number of halogens is 2. The Bertz CT molecular complexity index is 631. The third kappa shape index (κ3) is 3.20. The average molecular weight is 323 g/mol. The molecule has 0 spiro atoms. The molecule has 2 heterocycles. The number of hydrogen-bond donors (Lipinski definition) is 0. The molecule has 0 radical (unpaired) electrons. The standard InChI is InChI=1S/C16H16Cl2N2O/c1-10-5-2-3-7-12(10)14-15(17)19-13(20-16(14)18)9-11-6-4-8-21-11/h2-3,5,7,11H,4,6,8-9H2,1H3. The molecule has 1 aromatic carbocycles. The van der Waals surface area contributed by atoms with E-state index in [0.29, 0.717) is 28.1 Å². The fourth-order valence-electron chi connectivity index (χ4n) is 2.62. The molecule has 5 heteroatoms. The van der Waals surface area contributed by atoms with E-state index in [1.807, 2.05) is 31.2 Å². The molecule has 1 fully saturated rings. The summed E-state index contributed by atoms with van der Waals surface area (Å²) in [5.41, 5.74) is 2.76. The summed E-state index contributed by atoms with van der Waals surface area (Å²) in [5, 5.41) is 0.801. The van der Waals surface area contributed by atoms with E-state index in [1.54, 1.807) is 0 Å². The number of rotatable bonds is 3. The van der Waals surface area contributed by atoms with E-state index in [4.69, 9.17) is 27.9 Å². The lowest BCUT2D eigenvalue weighted by atomic mass is 10.0. The Morgan fingerprint density at radius 3 is 2.52 bits per heavy atom. The van der Waals surface area contributed by atoms with Crippen LogP contribution in [0.25, 0.3) is 11.1 Å². The van der Waals surface area contributed by atoms with Crippen LogP contribution in [-0.2, 0) is 11.2 Å². The molecule has 3 nitrogen and oxygen atoms in total. The van der Waals surface area contributed by atoms with E-state index in [0.717, 1.165) is 30.6 Å². The third-order valence-electron chi connectivity index (χ3n) is 3.72. The molecule has 0 amide bonds. The minimum Gasteiger partial charge on any atom is -0.378 e. The number of benzene rings is 1. The van der Waals surface area contributed by atoms with Crippen LogP contribution in [0.1, 0.15) is 24.2 Å². The zero-order valence-electron chi connectivity index (χ0n) is 11.8. The van der Waals surface area contributed by atoms with Crippen LogP contribution in [0, 0.1) is 6.92 Å². The second kappa shape index (κ2) is 6.30. The highest BCUT2D eigenvalue weighted by Gasteiger charge is 2.20. The van der Waals surface area contributed by atoms with Gasteiger partial charge in [-0.2, -0.15) is 0 Å². The Labute approximate surface area is 134 Å². The smallest absolute Gasteiger partial charge is 0.142 e. The highest BCUT2D eigenvalue weighted by molar-refractivity contribution is 6.37. The van der Waals surface area contributed by atoms with Gasteiger partial charge in [-0.15, -0.1) is 0 Å². The van der Waals surface area contributed by atoms with Crippen LogP contribution in [0.2, 0.25) is 10.3 Å². The van der Waals surface area contributed by atoms with Crippen molar-refractivity contribution in [2.24, 2.45) is 0 Å². The quantitative estimate of drug-likeness (QED) is 0.781. The minimum absolute atomic E-state index is 0.182. The highest BCUT2D eigenvalue weighted by Crippen LogP contribution is 2.34. The second-order valence-corrected chi connectivity index (χ2v) is 5.97. The SMILES string of the molecule is Cc1ccccc1-c1c(Cl)nc(CC2CCCO2)nc1Cl. The van der Waals surface area contributed by atoms with Crippen molar-refractivity contribution in [2.45, 2.75) is 32.3 Å². The van der Waals surface area contributed by atoms with E-state index in [-0.39, 0.29) is 6.10 Å². The Balaban J connectivity index is 1.94. The molecule has 0 saturated carbocycles. The maximum absolute atomic E-state index is 6.35. The maximum Gasteiger partial charge on any atom is 0.142 e. The van der Waals surface area contributed by atoms with Crippen LogP contribution < -0.4 is 0 Å². The van der Waals surface area contributed by atoms with Gasteiger partial charge in [-0.25, -0.2) is 9.97 Å². The van der Waals surface area contributed by atoms with Gasteiger partial charge in [-0.1, -0.05) is 47.5 Å². The molecule has 0 N–H and O–H groups in total. The number of aryl methyl sites for hydroxylation is 1. The molecule has 3 rings (SSSR count). The van der Waals surface area contributed by atoms with Crippen molar-refractivity contribution in [3.05, 3.63) is 46.0 Å². The van der Waals surface area contributed by atoms with Gasteiger partial charge in [0.05, 0.1) is 11.7 Å². The Kier molecular flexibility index (Phi) is 4.43. The van der Waals surface area contributed by atoms with Crippen molar-refractivity contribution in [3.8, 4) is 11.1 Å². The van der Waals surface area contributed by atoms with Crippen LogP contribution >= 0.6 is 23.2 Å². The van der Waals surface area contributed by atoms with E-state index < -0.39 is 0 Å². The van der Waals surface area contributed by atoms with Crippen LogP contribution in [0.3, 0.4) is 0 Å². The van der Waals surface area contributed by atoms with Crippen molar-refractivity contribution in [1.82, 2.24) is 9.97 Å². The largest absolute Gasteiger partial charge is 0.378 e. The van der Waals surface area contributed by atoms with Crippen molar-refractivity contribution >= 4 is 23.2 Å². The van der Waals surface area contributed by atoms with Gasteiger partial charge in [-0.3, -0.25) is 0 Å². The first-order chi connectivity index (χ1) is 10.1. The van der Waals surface area contributed by atoms with Gasteiger partial charge in [0.15, 0.2) is 0 Å². The van der Waals surface area contributed by atoms with Gasteiger partial charge in [0, 0.05) is 13.0 Å². The molecule has 0 bridgehead atoms. The van der Waals surface area contributed by atoms with E-state index in [1.165, 1.54) is 0 Å². The van der Waals surface area contributed by atoms with E-state index in [9.17, 15) is 0 Å². The molecule has 0 aliphatic carbocycles. The van der Waals surface area contributed by atoms with Gasteiger partial charge >= 0.3 is 0 Å². The van der Waals surface area contributed by atoms with Gasteiger partial charge in [0.2, 0.25) is 0 Å². The van der Waals surface area contributed by atoms with Gasteiger partial charge in [-0.05, 0) is 30.9 Å². The van der Waals surface area contributed by atoms with Crippen LogP contribution in [0.5, 0.6) is 0 Å². The van der Waals surface area contributed by atoms with Crippen LogP contribution in [-0.4, -0.2) is 22.7 Å². The van der Waals surface area contributed by atoms with Crippen molar-refractivity contribution in [3.63, 3.8) is 0 Å². The average Bonchev–Trinajstić information content (AvgIpc) is 2.93. The molecular weight excluding hydrogens is 307 g/mol. The summed E-state index contributed by atoms with van der Waals surface area (Å²) in [6, 6.07) is 7.93. The number of nitrogens with zero attached hydrogens (tertiary/aromatic N) is 2. The normalized spacial score (nSPS) is 18.1. The van der Waals surface area contributed by atoms with Crippen molar-refractivity contribution < 1.29 is 4.74 Å². The highest BCUT2D eigenvalue weighted by atomic mass is 35.5. The molecule has 1 saturated heterocycles. The number of ether oxygens (including phenoxy) is 1. The molecule has 1 aliphatic heterocycles.